The Balaban J connectivity index is 2.73. The summed E-state index contributed by atoms with van der Waals surface area (Å²) >= 11 is 5.54. The summed E-state index contributed by atoms with van der Waals surface area (Å²) in [6, 6.07) is 0. The van der Waals surface area contributed by atoms with Gasteiger partial charge in [0, 0.05) is 13.8 Å². The van der Waals surface area contributed by atoms with Crippen molar-refractivity contribution in [1.82, 2.24) is 0 Å². The average molecular weight is 195 g/mol. The van der Waals surface area contributed by atoms with Crippen molar-refractivity contribution >= 4 is 17.4 Å². The molecule has 0 aliphatic carbocycles. The highest BCUT2D eigenvalue weighted by Crippen LogP contribution is 2.33. The van der Waals surface area contributed by atoms with E-state index in [1.807, 2.05) is 0 Å². The van der Waals surface area contributed by atoms with E-state index < -0.39 is 11.6 Å². The molecule has 1 rings (SSSR count). The number of rotatable bonds is 2. The van der Waals surface area contributed by atoms with Crippen LogP contribution in [0.1, 0.15) is 20.8 Å². The molecule has 1 aliphatic rings. The predicted octanol–water partition coefficient (Wildman–Crippen LogP) is 1.22. The van der Waals surface area contributed by atoms with Crippen LogP contribution >= 0.6 is 11.6 Å². The van der Waals surface area contributed by atoms with Crippen molar-refractivity contribution < 1.29 is 19.3 Å². The summed E-state index contributed by atoms with van der Waals surface area (Å²) < 4.78 is 5.22. The smallest absolute Gasteiger partial charge is 0.260 e. The van der Waals surface area contributed by atoms with Gasteiger partial charge < -0.3 is 4.74 Å². The highest BCUT2D eigenvalue weighted by molar-refractivity contribution is 6.18. The molecule has 70 valence electrons. The molecular weight excluding hydrogens is 184 g/mol. The molecule has 0 bridgehead atoms. The number of carbonyl (C=O) groups is 1. The van der Waals surface area contributed by atoms with Gasteiger partial charge in [-0.3, -0.25) is 4.79 Å². The Labute approximate surface area is 75.7 Å². The predicted molar refractivity (Wildman–Crippen MR) is 41.5 cm³/mol. The van der Waals surface area contributed by atoms with Crippen LogP contribution in [0.25, 0.3) is 0 Å². The van der Waals surface area contributed by atoms with E-state index in [9.17, 15) is 4.79 Å². The van der Waals surface area contributed by atoms with Crippen molar-refractivity contribution in [1.29, 1.82) is 0 Å². The number of Topliss-reactive ketones (excluding diaryl/α,β-unsaturated/α-hetero) is 1. The van der Waals surface area contributed by atoms with Crippen LogP contribution in [0, 0.1) is 0 Å². The maximum Gasteiger partial charge on any atom is 0.260 e. The molecule has 2 atom stereocenters. The molecule has 4 nitrogen and oxygen atoms in total. The third-order valence-corrected chi connectivity index (χ3v) is 2.16. The third-order valence-electron chi connectivity index (χ3n) is 1.67. The molecule has 0 radical (unpaired) electrons. The zero-order valence-electron chi connectivity index (χ0n) is 7.22. The van der Waals surface area contributed by atoms with Crippen LogP contribution in [0.15, 0.2) is 0 Å². The van der Waals surface area contributed by atoms with E-state index in [4.69, 9.17) is 26.1 Å². The summed E-state index contributed by atoms with van der Waals surface area (Å²) in [5.74, 6) is -2.49. The summed E-state index contributed by atoms with van der Waals surface area (Å²) in [5.41, 5.74) is 0. The van der Waals surface area contributed by atoms with Crippen LogP contribution in [-0.2, 0) is 19.3 Å². The fraction of sp³-hybridized carbons (Fsp3) is 0.857. The van der Waals surface area contributed by atoms with Gasteiger partial charge in [-0.1, -0.05) is 0 Å². The highest BCUT2D eigenvalue weighted by Gasteiger charge is 2.50. The molecule has 0 aromatic heterocycles. The third kappa shape index (κ3) is 1.61. The zero-order chi connectivity index (χ0) is 9.41. The van der Waals surface area contributed by atoms with E-state index in [0.29, 0.717) is 0 Å². The fourth-order valence-electron chi connectivity index (χ4n) is 0.794. The van der Waals surface area contributed by atoms with Gasteiger partial charge in [-0.15, -0.1) is 11.6 Å². The lowest BCUT2D eigenvalue weighted by atomic mass is 10.2. The summed E-state index contributed by atoms with van der Waals surface area (Å²) in [5, 5.41) is 0. The quantitative estimate of drug-likeness (QED) is 0.490. The number of carbonyl (C=O) groups excluding carboxylic acids is 1. The molecule has 0 aromatic rings. The van der Waals surface area contributed by atoms with Gasteiger partial charge in [0.1, 0.15) is 0 Å². The van der Waals surface area contributed by atoms with Crippen molar-refractivity contribution in [3.8, 4) is 0 Å². The van der Waals surface area contributed by atoms with E-state index in [1.54, 1.807) is 6.92 Å². The lowest BCUT2D eigenvalue weighted by Crippen LogP contribution is -2.38. The first-order chi connectivity index (χ1) is 5.42. The second-order valence-electron chi connectivity index (χ2n) is 3.04. The monoisotopic (exact) mass is 194 g/mol. The number of ketones is 1. The Bertz CT molecular complexity index is 208. The molecule has 1 fully saturated rings. The first-order valence-corrected chi connectivity index (χ1v) is 4.09. The van der Waals surface area contributed by atoms with Gasteiger partial charge >= 0.3 is 0 Å². The van der Waals surface area contributed by atoms with Gasteiger partial charge in [0.05, 0.1) is 5.88 Å². The molecule has 1 saturated heterocycles. The van der Waals surface area contributed by atoms with Crippen LogP contribution in [-0.4, -0.2) is 23.2 Å². The van der Waals surface area contributed by atoms with Crippen molar-refractivity contribution in [2.24, 2.45) is 0 Å². The van der Waals surface area contributed by atoms with Crippen molar-refractivity contribution in [2.45, 2.75) is 32.3 Å². The van der Waals surface area contributed by atoms with E-state index in [2.05, 4.69) is 0 Å². The number of hydrogen-bond donors (Lipinski definition) is 0. The molecule has 1 aliphatic heterocycles. The van der Waals surface area contributed by atoms with Crippen molar-refractivity contribution in [3.05, 3.63) is 0 Å². The lowest BCUT2D eigenvalue weighted by Gasteiger charge is -2.19. The first kappa shape index (κ1) is 9.92. The summed E-state index contributed by atoms with van der Waals surface area (Å²) in [7, 11) is 0. The number of halogens is 1. The van der Waals surface area contributed by atoms with Crippen LogP contribution < -0.4 is 0 Å². The first-order valence-electron chi connectivity index (χ1n) is 3.56. The van der Waals surface area contributed by atoms with E-state index >= 15 is 0 Å². The maximum atomic E-state index is 11.0. The lowest BCUT2D eigenvalue weighted by molar-refractivity contribution is -0.332. The van der Waals surface area contributed by atoms with Crippen LogP contribution in [0.5, 0.6) is 0 Å². The Hall–Kier alpha value is -0.160. The van der Waals surface area contributed by atoms with Gasteiger partial charge in [-0.2, -0.15) is 9.78 Å². The topological polar surface area (TPSA) is 44.8 Å². The molecule has 0 saturated carbocycles. The minimum Gasteiger partial charge on any atom is -0.305 e. The summed E-state index contributed by atoms with van der Waals surface area (Å²) in [4.78, 5) is 20.5. The Kier molecular flexibility index (Phi) is 2.45. The standard InChI is InChI=1S/C7H11ClO4/c1-5(9)7(3)10-6(2,4-8)11-12-7/h4H2,1-3H3. The molecule has 2 unspecified atom stereocenters. The van der Waals surface area contributed by atoms with Crippen LogP contribution in [0.2, 0.25) is 0 Å². The van der Waals surface area contributed by atoms with Crippen LogP contribution in [0.3, 0.4) is 0 Å². The van der Waals surface area contributed by atoms with Gasteiger partial charge in [0.15, 0.2) is 5.78 Å². The summed E-state index contributed by atoms with van der Waals surface area (Å²) in [6.07, 6.45) is 0. The Morgan fingerprint density at radius 1 is 1.42 bits per heavy atom. The molecule has 0 amide bonds. The molecule has 0 spiro atoms. The van der Waals surface area contributed by atoms with Gasteiger partial charge in [0.25, 0.3) is 5.79 Å². The maximum absolute atomic E-state index is 11.0. The van der Waals surface area contributed by atoms with Gasteiger partial charge in [-0.05, 0) is 6.92 Å². The molecule has 0 N–H and O–H groups in total. The van der Waals surface area contributed by atoms with E-state index in [0.717, 1.165) is 0 Å². The second-order valence-corrected chi connectivity index (χ2v) is 3.31. The molecule has 12 heavy (non-hydrogen) atoms. The minimum absolute atomic E-state index is 0.107. The largest absolute Gasteiger partial charge is 0.305 e. The fourth-order valence-corrected chi connectivity index (χ4v) is 0.893. The minimum atomic E-state index is -1.32. The zero-order valence-corrected chi connectivity index (χ0v) is 7.97. The van der Waals surface area contributed by atoms with Crippen LogP contribution in [0.4, 0.5) is 0 Å². The average Bonchev–Trinajstić information content (AvgIpc) is 2.30. The number of alkyl halides is 1. The molecule has 1 heterocycles. The van der Waals surface area contributed by atoms with E-state index in [-0.39, 0.29) is 11.7 Å². The highest BCUT2D eigenvalue weighted by atomic mass is 35.5. The summed E-state index contributed by atoms with van der Waals surface area (Å²) in [6.45, 7) is 4.46. The van der Waals surface area contributed by atoms with Gasteiger partial charge in [-0.25, -0.2) is 0 Å². The van der Waals surface area contributed by atoms with Crippen molar-refractivity contribution in [2.75, 3.05) is 5.88 Å². The SMILES string of the molecule is CC(=O)C1(C)OOC(C)(CCl)O1. The Morgan fingerprint density at radius 2 is 2.00 bits per heavy atom. The normalized spacial score (nSPS) is 41.7. The van der Waals surface area contributed by atoms with Gasteiger partial charge in [0.2, 0.25) is 5.79 Å². The molecule has 5 heteroatoms. The van der Waals surface area contributed by atoms with E-state index in [1.165, 1.54) is 13.8 Å². The van der Waals surface area contributed by atoms with Crippen molar-refractivity contribution in [3.63, 3.8) is 0 Å². The molecular formula is C7H11ClO4. The second kappa shape index (κ2) is 2.96. The Morgan fingerprint density at radius 3 is 2.25 bits per heavy atom. The number of hydrogen-bond acceptors (Lipinski definition) is 4. The molecule has 0 aromatic carbocycles. The number of ether oxygens (including phenoxy) is 1.